The molecule has 2 atom stereocenters. The highest BCUT2D eigenvalue weighted by Crippen LogP contribution is 2.23. The molecular formula is C13H21N3O2. The Kier molecular flexibility index (Phi) is 3.35. The maximum Gasteiger partial charge on any atom is 0.229 e. The molecule has 0 aromatic heterocycles. The van der Waals surface area contributed by atoms with Crippen molar-refractivity contribution in [2.24, 2.45) is 0 Å². The van der Waals surface area contributed by atoms with Crippen molar-refractivity contribution >= 4 is 11.8 Å². The van der Waals surface area contributed by atoms with Gasteiger partial charge in [0.25, 0.3) is 0 Å². The third-order valence-corrected chi connectivity index (χ3v) is 4.47. The van der Waals surface area contributed by atoms with Crippen LogP contribution >= 0.6 is 0 Å². The number of amides is 2. The summed E-state index contributed by atoms with van der Waals surface area (Å²) in [6.45, 7) is 3.81. The first kappa shape index (κ1) is 12.1. The van der Waals surface area contributed by atoms with Crippen LogP contribution in [-0.2, 0) is 9.59 Å². The first-order chi connectivity index (χ1) is 8.75. The average molecular weight is 251 g/mol. The van der Waals surface area contributed by atoms with Gasteiger partial charge in [-0.25, -0.2) is 0 Å². The van der Waals surface area contributed by atoms with E-state index >= 15 is 0 Å². The Hall–Kier alpha value is -0.940. The molecule has 3 heterocycles. The predicted octanol–water partition coefficient (Wildman–Crippen LogP) is -0.0383. The SMILES string of the molecule is O=C1CCC(=O)N1CC1NCCN2CCCCC12. The summed E-state index contributed by atoms with van der Waals surface area (Å²) in [6, 6.07) is 0.777. The number of rotatable bonds is 2. The number of hydrogen-bond donors (Lipinski definition) is 1. The molecule has 5 heteroatoms. The van der Waals surface area contributed by atoms with Gasteiger partial charge in [0, 0.05) is 44.6 Å². The number of carbonyl (C=O) groups excluding carboxylic acids is 2. The zero-order valence-electron chi connectivity index (χ0n) is 10.7. The highest BCUT2D eigenvalue weighted by Gasteiger charge is 2.37. The minimum atomic E-state index is 0.00901. The molecule has 3 rings (SSSR count). The minimum absolute atomic E-state index is 0.00901. The molecule has 3 aliphatic heterocycles. The lowest BCUT2D eigenvalue weighted by Gasteiger charge is -2.45. The Morgan fingerprint density at radius 2 is 1.89 bits per heavy atom. The number of carbonyl (C=O) groups is 2. The first-order valence-electron chi connectivity index (χ1n) is 7.06. The molecule has 2 unspecified atom stereocenters. The fraction of sp³-hybridized carbons (Fsp3) is 0.846. The molecule has 5 nitrogen and oxygen atoms in total. The number of nitrogens with zero attached hydrogens (tertiary/aromatic N) is 2. The lowest BCUT2D eigenvalue weighted by Crippen LogP contribution is -2.62. The number of fused-ring (bicyclic) bond motifs is 1. The van der Waals surface area contributed by atoms with Crippen LogP contribution < -0.4 is 5.32 Å². The number of imide groups is 1. The second-order valence-electron chi connectivity index (χ2n) is 5.56. The smallest absolute Gasteiger partial charge is 0.229 e. The molecule has 18 heavy (non-hydrogen) atoms. The molecule has 3 saturated heterocycles. The van der Waals surface area contributed by atoms with Gasteiger partial charge < -0.3 is 5.32 Å². The third-order valence-electron chi connectivity index (χ3n) is 4.47. The zero-order valence-corrected chi connectivity index (χ0v) is 10.7. The van der Waals surface area contributed by atoms with Gasteiger partial charge >= 0.3 is 0 Å². The summed E-state index contributed by atoms with van der Waals surface area (Å²) in [5, 5.41) is 3.50. The van der Waals surface area contributed by atoms with Crippen molar-refractivity contribution in [1.82, 2.24) is 15.1 Å². The Bertz CT molecular complexity index is 340. The first-order valence-corrected chi connectivity index (χ1v) is 7.06. The van der Waals surface area contributed by atoms with Crippen LogP contribution in [-0.4, -0.2) is 59.9 Å². The van der Waals surface area contributed by atoms with Crippen molar-refractivity contribution in [3.63, 3.8) is 0 Å². The van der Waals surface area contributed by atoms with Crippen molar-refractivity contribution in [2.45, 2.75) is 44.2 Å². The van der Waals surface area contributed by atoms with E-state index in [0.29, 0.717) is 25.4 Å². The van der Waals surface area contributed by atoms with Crippen LogP contribution in [0.3, 0.4) is 0 Å². The second kappa shape index (κ2) is 4.97. The van der Waals surface area contributed by atoms with Gasteiger partial charge in [0.1, 0.15) is 0 Å². The molecule has 2 amide bonds. The van der Waals surface area contributed by atoms with E-state index in [0.717, 1.165) is 13.1 Å². The van der Waals surface area contributed by atoms with Gasteiger partial charge in [-0.05, 0) is 19.4 Å². The molecule has 1 N–H and O–H groups in total. The topological polar surface area (TPSA) is 52.7 Å². The molecule has 0 aromatic rings. The van der Waals surface area contributed by atoms with E-state index in [9.17, 15) is 9.59 Å². The van der Waals surface area contributed by atoms with Crippen LogP contribution in [0.15, 0.2) is 0 Å². The molecule has 0 aromatic carbocycles. The summed E-state index contributed by atoms with van der Waals surface area (Å²) in [6.07, 6.45) is 4.54. The van der Waals surface area contributed by atoms with Crippen LogP contribution in [0.1, 0.15) is 32.1 Å². The summed E-state index contributed by atoms with van der Waals surface area (Å²) in [5.74, 6) is 0.0180. The molecule has 100 valence electrons. The van der Waals surface area contributed by atoms with Crippen LogP contribution in [0.4, 0.5) is 0 Å². The van der Waals surface area contributed by atoms with Crippen LogP contribution in [0.2, 0.25) is 0 Å². The normalized spacial score (nSPS) is 33.9. The van der Waals surface area contributed by atoms with Gasteiger partial charge in [-0.3, -0.25) is 19.4 Å². The van der Waals surface area contributed by atoms with Crippen LogP contribution in [0.5, 0.6) is 0 Å². The van der Waals surface area contributed by atoms with Crippen molar-refractivity contribution in [3.05, 3.63) is 0 Å². The summed E-state index contributed by atoms with van der Waals surface area (Å²) in [5.41, 5.74) is 0. The van der Waals surface area contributed by atoms with E-state index in [1.807, 2.05) is 0 Å². The van der Waals surface area contributed by atoms with E-state index < -0.39 is 0 Å². The summed E-state index contributed by atoms with van der Waals surface area (Å²) < 4.78 is 0. The lowest BCUT2D eigenvalue weighted by molar-refractivity contribution is -0.139. The fourth-order valence-electron chi connectivity index (χ4n) is 3.49. The number of piperidine rings is 1. The summed E-state index contributed by atoms with van der Waals surface area (Å²) in [4.78, 5) is 27.4. The van der Waals surface area contributed by atoms with Crippen molar-refractivity contribution in [1.29, 1.82) is 0 Å². The predicted molar refractivity (Wildman–Crippen MR) is 67.0 cm³/mol. The standard InChI is InChI=1S/C13H21N3O2/c17-12-4-5-13(18)16(12)9-10-11-3-1-2-7-15(11)8-6-14-10/h10-11,14H,1-9H2. The second-order valence-corrected chi connectivity index (χ2v) is 5.56. The Morgan fingerprint density at radius 3 is 2.67 bits per heavy atom. The lowest BCUT2D eigenvalue weighted by atomic mass is 9.93. The molecule has 3 fully saturated rings. The van der Waals surface area contributed by atoms with Crippen molar-refractivity contribution in [3.8, 4) is 0 Å². The number of hydrogen-bond acceptors (Lipinski definition) is 4. The number of likely N-dealkylation sites (tertiary alicyclic amines) is 1. The van der Waals surface area contributed by atoms with Gasteiger partial charge in [-0.2, -0.15) is 0 Å². The monoisotopic (exact) mass is 251 g/mol. The number of piperazine rings is 1. The molecule has 0 bridgehead atoms. The van der Waals surface area contributed by atoms with E-state index in [1.165, 1.54) is 30.7 Å². The van der Waals surface area contributed by atoms with Gasteiger partial charge in [0.2, 0.25) is 11.8 Å². The highest BCUT2D eigenvalue weighted by atomic mass is 16.2. The van der Waals surface area contributed by atoms with E-state index in [2.05, 4.69) is 10.2 Å². The van der Waals surface area contributed by atoms with Gasteiger partial charge in [-0.1, -0.05) is 6.42 Å². The molecule has 0 aliphatic carbocycles. The summed E-state index contributed by atoms with van der Waals surface area (Å²) >= 11 is 0. The van der Waals surface area contributed by atoms with Gasteiger partial charge in [-0.15, -0.1) is 0 Å². The largest absolute Gasteiger partial charge is 0.310 e. The molecular weight excluding hydrogens is 230 g/mol. The van der Waals surface area contributed by atoms with E-state index in [4.69, 9.17) is 0 Å². The van der Waals surface area contributed by atoms with E-state index in [1.54, 1.807) is 0 Å². The maximum atomic E-state index is 11.7. The summed E-state index contributed by atoms with van der Waals surface area (Å²) in [7, 11) is 0. The average Bonchev–Trinajstić information content (AvgIpc) is 2.71. The van der Waals surface area contributed by atoms with Crippen molar-refractivity contribution < 1.29 is 9.59 Å². The zero-order chi connectivity index (χ0) is 12.5. The minimum Gasteiger partial charge on any atom is -0.310 e. The highest BCUT2D eigenvalue weighted by molar-refractivity contribution is 6.01. The maximum absolute atomic E-state index is 11.7. The molecule has 0 saturated carbocycles. The number of nitrogens with one attached hydrogen (secondary N) is 1. The van der Waals surface area contributed by atoms with Crippen LogP contribution in [0.25, 0.3) is 0 Å². The third kappa shape index (κ3) is 2.17. The Labute approximate surface area is 107 Å². The Morgan fingerprint density at radius 1 is 1.11 bits per heavy atom. The van der Waals surface area contributed by atoms with Crippen LogP contribution in [0, 0.1) is 0 Å². The van der Waals surface area contributed by atoms with E-state index in [-0.39, 0.29) is 17.9 Å². The quantitative estimate of drug-likeness (QED) is 0.700. The van der Waals surface area contributed by atoms with Gasteiger partial charge in [0.05, 0.1) is 0 Å². The fourth-order valence-corrected chi connectivity index (χ4v) is 3.49. The molecule has 0 radical (unpaired) electrons. The van der Waals surface area contributed by atoms with Crippen molar-refractivity contribution in [2.75, 3.05) is 26.2 Å². The molecule has 0 spiro atoms. The molecule has 3 aliphatic rings. The Balaban J connectivity index is 1.67. The van der Waals surface area contributed by atoms with Gasteiger partial charge in [0.15, 0.2) is 0 Å².